The Bertz CT molecular complexity index is 1130. The van der Waals surface area contributed by atoms with E-state index in [9.17, 15) is 4.79 Å². The Morgan fingerprint density at radius 1 is 0.897 bits per heavy atom. The molecular formula is C22H18N6O. The fourth-order valence-electron chi connectivity index (χ4n) is 2.74. The zero-order valence-electron chi connectivity index (χ0n) is 15.7. The molecule has 0 unspecified atom stereocenters. The number of carbonyl (C=O) groups is 1. The lowest BCUT2D eigenvalue weighted by Gasteiger charge is -2.12. The number of aryl methyl sites for hydroxylation is 1. The number of nitrogens with one attached hydrogen (secondary N) is 2. The average Bonchev–Trinajstić information content (AvgIpc) is 2.77. The van der Waals surface area contributed by atoms with Crippen LogP contribution < -0.4 is 10.6 Å². The number of rotatable bonds is 5. The lowest BCUT2D eigenvalue weighted by Crippen LogP contribution is -2.12. The number of aromatic nitrogens is 4. The number of benzene rings is 2. The van der Waals surface area contributed by atoms with Gasteiger partial charge in [0.2, 0.25) is 5.95 Å². The average molecular weight is 382 g/mol. The van der Waals surface area contributed by atoms with Crippen LogP contribution in [0.15, 0.2) is 79.4 Å². The van der Waals surface area contributed by atoms with Crippen molar-refractivity contribution in [2.75, 3.05) is 10.6 Å². The van der Waals surface area contributed by atoms with Crippen LogP contribution in [0.25, 0.3) is 11.4 Å². The van der Waals surface area contributed by atoms with Gasteiger partial charge in [-0.2, -0.15) is 0 Å². The van der Waals surface area contributed by atoms with Crippen molar-refractivity contribution in [3.63, 3.8) is 0 Å². The first kappa shape index (κ1) is 18.2. The van der Waals surface area contributed by atoms with Gasteiger partial charge in [-0.3, -0.25) is 14.8 Å². The second kappa shape index (κ2) is 8.26. The molecule has 0 saturated heterocycles. The Labute approximate surface area is 167 Å². The van der Waals surface area contributed by atoms with Gasteiger partial charge in [-0.05, 0) is 42.8 Å². The van der Waals surface area contributed by atoms with Crippen molar-refractivity contribution in [1.82, 2.24) is 19.9 Å². The van der Waals surface area contributed by atoms with Gasteiger partial charge in [0.05, 0.1) is 11.9 Å². The minimum atomic E-state index is -0.165. The van der Waals surface area contributed by atoms with Crippen molar-refractivity contribution in [2.45, 2.75) is 6.92 Å². The Balaban J connectivity index is 1.55. The molecule has 4 aromatic rings. The van der Waals surface area contributed by atoms with Gasteiger partial charge in [-0.15, -0.1) is 0 Å². The molecule has 0 saturated carbocycles. The zero-order chi connectivity index (χ0) is 20.1. The van der Waals surface area contributed by atoms with E-state index in [0.29, 0.717) is 28.6 Å². The van der Waals surface area contributed by atoms with Crippen LogP contribution in [0.4, 0.5) is 17.3 Å². The molecule has 2 heterocycles. The molecular weight excluding hydrogens is 364 g/mol. The summed E-state index contributed by atoms with van der Waals surface area (Å²) in [6.07, 6.45) is 6.54. The summed E-state index contributed by atoms with van der Waals surface area (Å²) in [7, 11) is 0. The highest BCUT2D eigenvalue weighted by molar-refractivity contribution is 6.04. The van der Waals surface area contributed by atoms with E-state index in [1.165, 1.54) is 0 Å². The largest absolute Gasteiger partial charge is 0.324 e. The summed E-state index contributed by atoms with van der Waals surface area (Å²) in [4.78, 5) is 29.5. The smallest absolute Gasteiger partial charge is 0.255 e. The van der Waals surface area contributed by atoms with Crippen LogP contribution in [-0.2, 0) is 0 Å². The number of amides is 1. The van der Waals surface area contributed by atoms with Gasteiger partial charge in [-0.25, -0.2) is 9.97 Å². The lowest BCUT2D eigenvalue weighted by molar-refractivity contribution is 0.102. The summed E-state index contributed by atoms with van der Waals surface area (Å²) in [5, 5.41) is 6.12. The summed E-state index contributed by atoms with van der Waals surface area (Å²) < 4.78 is 0. The normalized spacial score (nSPS) is 10.4. The van der Waals surface area contributed by atoms with Gasteiger partial charge < -0.3 is 10.6 Å². The van der Waals surface area contributed by atoms with E-state index < -0.39 is 0 Å². The third-order valence-electron chi connectivity index (χ3n) is 4.26. The predicted octanol–water partition coefficient (Wildman–Crippen LogP) is 4.24. The van der Waals surface area contributed by atoms with Crippen LogP contribution in [0, 0.1) is 6.92 Å². The molecule has 29 heavy (non-hydrogen) atoms. The highest BCUT2D eigenvalue weighted by atomic mass is 16.1. The molecule has 2 aromatic carbocycles. The summed E-state index contributed by atoms with van der Waals surface area (Å²) in [5.41, 5.74) is 4.41. The molecule has 7 heteroatoms. The Kier molecular flexibility index (Phi) is 5.20. The van der Waals surface area contributed by atoms with Crippen molar-refractivity contribution in [2.24, 2.45) is 0 Å². The highest BCUT2D eigenvalue weighted by Gasteiger charge is 2.09. The van der Waals surface area contributed by atoms with E-state index in [1.54, 1.807) is 43.0 Å². The number of anilines is 3. The SMILES string of the molecule is Cc1ccc(NC(=O)c2ccccc2)cc1Nc1nccc(-c2cnccn2)n1. The maximum atomic E-state index is 12.4. The minimum Gasteiger partial charge on any atom is -0.324 e. The molecule has 0 aliphatic rings. The number of hydrogen-bond donors (Lipinski definition) is 2. The summed E-state index contributed by atoms with van der Waals surface area (Å²) >= 11 is 0. The fraction of sp³-hybridized carbons (Fsp3) is 0.0455. The van der Waals surface area contributed by atoms with E-state index >= 15 is 0 Å². The first-order chi connectivity index (χ1) is 14.2. The van der Waals surface area contributed by atoms with Crippen molar-refractivity contribution < 1.29 is 4.79 Å². The Morgan fingerprint density at radius 3 is 2.55 bits per heavy atom. The van der Waals surface area contributed by atoms with Crippen molar-refractivity contribution in [1.29, 1.82) is 0 Å². The molecule has 2 N–H and O–H groups in total. The minimum absolute atomic E-state index is 0.165. The number of hydrogen-bond acceptors (Lipinski definition) is 6. The van der Waals surface area contributed by atoms with Crippen LogP contribution >= 0.6 is 0 Å². The Hall–Kier alpha value is -4.13. The maximum absolute atomic E-state index is 12.4. The van der Waals surface area contributed by atoms with E-state index in [4.69, 9.17) is 0 Å². The molecule has 142 valence electrons. The predicted molar refractivity (Wildman–Crippen MR) is 112 cm³/mol. The molecule has 0 aliphatic carbocycles. The standard InChI is InChI=1S/C22H18N6O/c1-15-7-8-17(26-21(29)16-5-3-2-4-6-16)13-19(15)28-22-25-10-9-18(27-22)20-14-23-11-12-24-20/h2-14H,1H3,(H,26,29)(H,25,27,28). The van der Waals surface area contributed by atoms with Gasteiger partial charge in [0.25, 0.3) is 5.91 Å². The second-order valence-electron chi connectivity index (χ2n) is 6.33. The molecule has 2 aromatic heterocycles. The summed E-state index contributed by atoms with van der Waals surface area (Å²) in [5.74, 6) is 0.268. The van der Waals surface area contributed by atoms with Gasteiger partial charge in [0.1, 0.15) is 5.69 Å². The van der Waals surface area contributed by atoms with Crippen LogP contribution in [0.5, 0.6) is 0 Å². The van der Waals surface area contributed by atoms with Gasteiger partial charge in [0.15, 0.2) is 0 Å². The molecule has 1 amide bonds. The molecule has 0 aliphatic heterocycles. The van der Waals surface area contributed by atoms with Gasteiger partial charge >= 0.3 is 0 Å². The molecule has 0 atom stereocenters. The van der Waals surface area contributed by atoms with Crippen LogP contribution in [-0.4, -0.2) is 25.8 Å². The first-order valence-corrected chi connectivity index (χ1v) is 9.02. The zero-order valence-corrected chi connectivity index (χ0v) is 15.7. The van der Waals surface area contributed by atoms with E-state index in [0.717, 1.165) is 11.3 Å². The topological polar surface area (TPSA) is 92.7 Å². The monoisotopic (exact) mass is 382 g/mol. The van der Waals surface area contributed by atoms with Crippen molar-refractivity contribution in [3.8, 4) is 11.4 Å². The maximum Gasteiger partial charge on any atom is 0.255 e. The second-order valence-corrected chi connectivity index (χ2v) is 6.33. The number of nitrogens with zero attached hydrogens (tertiary/aromatic N) is 4. The first-order valence-electron chi connectivity index (χ1n) is 9.02. The quantitative estimate of drug-likeness (QED) is 0.536. The fourth-order valence-corrected chi connectivity index (χ4v) is 2.74. The highest BCUT2D eigenvalue weighted by Crippen LogP contribution is 2.24. The van der Waals surface area contributed by atoms with Crippen molar-refractivity contribution >= 4 is 23.2 Å². The van der Waals surface area contributed by atoms with E-state index in [2.05, 4.69) is 30.6 Å². The lowest BCUT2D eigenvalue weighted by atomic mass is 10.1. The van der Waals surface area contributed by atoms with E-state index in [-0.39, 0.29) is 5.91 Å². The molecule has 0 radical (unpaired) electrons. The van der Waals surface area contributed by atoms with Crippen LogP contribution in [0.1, 0.15) is 15.9 Å². The molecule has 4 rings (SSSR count). The summed E-state index contributed by atoms with van der Waals surface area (Å²) in [6.45, 7) is 1.97. The number of carbonyl (C=O) groups excluding carboxylic acids is 1. The Morgan fingerprint density at radius 2 is 1.76 bits per heavy atom. The molecule has 0 bridgehead atoms. The summed E-state index contributed by atoms with van der Waals surface area (Å²) in [6, 6.07) is 16.5. The molecule has 0 fully saturated rings. The molecule has 7 nitrogen and oxygen atoms in total. The van der Waals surface area contributed by atoms with Gasteiger partial charge in [-0.1, -0.05) is 24.3 Å². The van der Waals surface area contributed by atoms with Crippen molar-refractivity contribution in [3.05, 3.63) is 90.5 Å². The molecule has 0 spiro atoms. The van der Waals surface area contributed by atoms with E-state index in [1.807, 2.05) is 43.3 Å². The third kappa shape index (κ3) is 4.41. The van der Waals surface area contributed by atoms with Crippen LogP contribution in [0.2, 0.25) is 0 Å². The van der Waals surface area contributed by atoms with Crippen LogP contribution in [0.3, 0.4) is 0 Å². The third-order valence-corrected chi connectivity index (χ3v) is 4.26. The van der Waals surface area contributed by atoms with Gasteiger partial charge in [0, 0.05) is 35.5 Å².